The predicted octanol–water partition coefficient (Wildman–Crippen LogP) is 3.36. The normalized spacial score (nSPS) is 17.0. The van der Waals surface area contributed by atoms with Crippen LogP contribution in [0.5, 0.6) is 17.2 Å². The number of hydrogen-bond donors (Lipinski definition) is 0. The second-order valence-electron chi connectivity index (χ2n) is 6.67. The van der Waals surface area contributed by atoms with Gasteiger partial charge in [0.2, 0.25) is 5.90 Å². The van der Waals surface area contributed by atoms with Gasteiger partial charge in [-0.3, -0.25) is 4.79 Å². The molecule has 0 radical (unpaired) electrons. The summed E-state index contributed by atoms with van der Waals surface area (Å²) in [6.45, 7) is 0. The van der Waals surface area contributed by atoms with Crippen molar-refractivity contribution in [1.82, 2.24) is 0 Å². The highest BCUT2D eigenvalue weighted by atomic mass is 16.6. The lowest BCUT2D eigenvalue weighted by atomic mass is 10.1. The van der Waals surface area contributed by atoms with Gasteiger partial charge in [-0.1, -0.05) is 6.07 Å². The van der Waals surface area contributed by atoms with Crippen molar-refractivity contribution < 1.29 is 28.5 Å². The van der Waals surface area contributed by atoms with E-state index in [9.17, 15) is 9.59 Å². The molecule has 7 heteroatoms. The lowest BCUT2D eigenvalue weighted by Gasteiger charge is -2.09. The first-order chi connectivity index (χ1) is 14.1. The molecule has 29 heavy (non-hydrogen) atoms. The van der Waals surface area contributed by atoms with E-state index in [1.807, 2.05) is 0 Å². The lowest BCUT2D eigenvalue weighted by Crippen LogP contribution is -2.10. The number of hydrogen-bond acceptors (Lipinski definition) is 7. The van der Waals surface area contributed by atoms with Crippen LogP contribution in [0.4, 0.5) is 0 Å². The number of nitrogens with zero attached hydrogens (tertiary/aromatic N) is 1. The summed E-state index contributed by atoms with van der Waals surface area (Å²) in [5, 5.41) is 0. The maximum atomic E-state index is 12.2. The fourth-order valence-corrected chi connectivity index (χ4v) is 2.79. The first-order valence-corrected chi connectivity index (χ1v) is 9.14. The molecule has 148 valence electrons. The first kappa shape index (κ1) is 18.7. The summed E-state index contributed by atoms with van der Waals surface area (Å²) in [4.78, 5) is 28.4. The van der Waals surface area contributed by atoms with Gasteiger partial charge in [-0.2, -0.15) is 0 Å². The van der Waals surface area contributed by atoms with Crippen LogP contribution < -0.4 is 14.2 Å². The highest BCUT2D eigenvalue weighted by molar-refractivity contribution is 6.12. The van der Waals surface area contributed by atoms with E-state index < -0.39 is 5.97 Å². The third-order valence-electron chi connectivity index (χ3n) is 4.57. The predicted molar refractivity (Wildman–Crippen MR) is 105 cm³/mol. The van der Waals surface area contributed by atoms with Gasteiger partial charge in [0.05, 0.1) is 20.1 Å². The maximum Gasteiger partial charge on any atom is 0.363 e. The molecule has 7 nitrogen and oxygen atoms in total. The van der Waals surface area contributed by atoms with Crippen LogP contribution in [0.1, 0.15) is 24.0 Å². The van der Waals surface area contributed by atoms with Gasteiger partial charge in [0.1, 0.15) is 5.75 Å². The number of rotatable bonds is 6. The standard InChI is InChI=1S/C22H19NO6/c1-26-16-8-6-14(7-9-16)20-23-17(22(25)29-20)11-13-3-10-18(19(12-13)27-2)28-21(24)15-4-5-15/h3,6-12,15H,4-5H2,1-2H3/b17-11+. The average molecular weight is 393 g/mol. The molecule has 0 amide bonds. The highest BCUT2D eigenvalue weighted by Crippen LogP contribution is 2.34. The number of cyclic esters (lactones) is 1. The topological polar surface area (TPSA) is 83.4 Å². The van der Waals surface area contributed by atoms with Gasteiger partial charge < -0.3 is 18.9 Å². The molecule has 1 heterocycles. The quantitative estimate of drug-likeness (QED) is 0.425. The van der Waals surface area contributed by atoms with Crippen molar-refractivity contribution in [3.8, 4) is 17.2 Å². The van der Waals surface area contributed by atoms with E-state index >= 15 is 0 Å². The molecule has 1 aliphatic heterocycles. The van der Waals surface area contributed by atoms with Crippen LogP contribution in [0.3, 0.4) is 0 Å². The zero-order valence-electron chi connectivity index (χ0n) is 16.0. The van der Waals surface area contributed by atoms with Crippen molar-refractivity contribution >= 4 is 23.9 Å². The highest BCUT2D eigenvalue weighted by Gasteiger charge is 2.32. The van der Waals surface area contributed by atoms with E-state index in [-0.39, 0.29) is 23.5 Å². The van der Waals surface area contributed by atoms with Crippen molar-refractivity contribution in [3.63, 3.8) is 0 Å². The van der Waals surface area contributed by atoms with Gasteiger partial charge in [0.15, 0.2) is 17.2 Å². The number of benzene rings is 2. The van der Waals surface area contributed by atoms with Crippen molar-refractivity contribution in [2.45, 2.75) is 12.8 Å². The molecule has 4 rings (SSSR count). The van der Waals surface area contributed by atoms with Gasteiger partial charge in [-0.15, -0.1) is 0 Å². The minimum Gasteiger partial charge on any atom is -0.497 e. The molecule has 0 N–H and O–H groups in total. The summed E-state index contributed by atoms with van der Waals surface area (Å²) in [7, 11) is 3.07. The Hall–Kier alpha value is -3.61. The molecular formula is C22H19NO6. The molecule has 1 fully saturated rings. The summed E-state index contributed by atoms with van der Waals surface area (Å²) in [5.74, 6) is 0.874. The number of carbonyl (C=O) groups is 2. The number of methoxy groups -OCH3 is 2. The van der Waals surface area contributed by atoms with Crippen molar-refractivity contribution in [2.75, 3.05) is 14.2 Å². The van der Waals surface area contributed by atoms with Crippen molar-refractivity contribution in [3.05, 3.63) is 59.3 Å². The number of aliphatic imine (C=N–C) groups is 1. The van der Waals surface area contributed by atoms with Crippen molar-refractivity contribution in [1.29, 1.82) is 0 Å². The van der Waals surface area contributed by atoms with Crippen LogP contribution >= 0.6 is 0 Å². The first-order valence-electron chi connectivity index (χ1n) is 9.14. The number of ether oxygens (including phenoxy) is 4. The van der Waals surface area contributed by atoms with Gasteiger partial charge in [0, 0.05) is 5.56 Å². The third kappa shape index (κ3) is 4.13. The molecule has 2 aromatic rings. The SMILES string of the molecule is COc1ccc(C2=N/C(=C/c3ccc(OC(=O)C4CC4)c(OC)c3)C(=O)O2)cc1. The van der Waals surface area contributed by atoms with Crippen molar-refractivity contribution in [2.24, 2.45) is 10.9 Å². The Morgan fingerprint density at radius 3 is 2.48 bits per heavy atom. The van der Waals surface area contributed by atoms with E-state index in [0.717, 1.165) is 12.8 Å². The summed E-state index contributed by atoms with van der Waals surface area (Å²) >= 11 is 0. The van der Waals surface area contributed by atoms with Crippen LogP contribution in [0.15, 0.2) is 53.2 Å². The molecule has 0 saturated heterocycles. The van der Waals surface area contributed by atoms with Crippen LogP contribution in [-0.4, -0.2) is 32.1 Å². The van der Waals surface area contributed by atoms with Gasteiger partial charge in [0.25, 0.3) is 0 Å². The third-order valence-corrected chi connectivity index (χ3v) is 4.57. The van der Waals surface area contributed by atoms with Crippen LogP contribution in [0.25, 0.3) is 6.08 Å². The molecule has 0 bridgehead atoms. The molecular weight excluding hydrogens is 374 g/mol. The lowest BCUT2D eigenvalue weighted by molar-refractivity contribution is -0.136. The zero-order valence-corrected chi connectivity index (χ0v) is 16.0. The average Bonchev–Trinajstić information content (AvgIpc) is 3.53. The molecule has 0 atom stereocenters. The molecule has 1 saturated carbocycles. The molecule has 2 aliphatic rings. The Kier molecular flexibility index (Phi) is 5.03. The summed E-state index contributed by atoms with van der Waals surface area (Å²) in [6.07, 6.45) is 3.32. The Labute approximate surface area is 167 Å². The fraction of sp³-hybridized carbons (Fsp3) is 0.227. The van der Waals surface area contributed by atoms with Gasteiger partial charge in [-0.05, 0) is 60.9 Å². The smallest absolute Gasteiger partial charge is 0.363 e. The van der Waals surface area contributed by atoms with E-state index in [4.69, 9.17) is 18.9 Å². The fourth-order valence-electron chi connectivity index (χ4n) is 2.79. The molecule has 0 unspecified atom stereocenters. The number of esters is 2. The Balaban J connectivity index is 1.56. The second kappa shape index (κ2) is 7.79. The minimum absolute atomic E-state index is 0.0135. The minimum atomic E-state index is -0.543. The second-order valence-corrected chi connectivity index (χ2v) is 6.67. The van der Waals surface area contributed by atoms with Gasteiger partial charge >= 0.3 is 11.9 Å². The monoisotopic (exact) mass is 393 g/mol. The van der Waals surface area contributed by atoms with Crippen LogP contribution in [0.2, 0.25) is 0 Å². The number of carbonyl (C=O) groups excluding carboxylic acids is 2. The zero-order chi connectivity index (χ0) is 20.4. The largest absolute Gasteiger partial charge is 0.497 e. The molecule has 0 aromatic heterocycles. The van der Waals surface area contributed by atoms with Crippen LogP contribution in [0, 0.1) is 5.92 Å². The molecule has 2 aromatic carbocycles. The molecule has 0 spiro atoms. The van der Waals surface area contributed by atoms with Crippen LogP contribution in [-0.2, 0) is 14.3 Å². The Morgan fingerprint density at radius 1 is 1.07 bits per heavy atom. The van der Waals surface area contributed by atoms with Gasteiger partial charge in [-0.25, -0.2) is 9.79 Å². The van der Waals surface area contributed by atoms with E-state index in [0.29, 0.717) is 28.4 Å². The summed E-state index contributed by atoms with van der Waals surface area (Å²) in [5.41, 5.74) is 1.50. The van der Waals surface area contributed by atoms with E-state index in [1.165, 1.54) is 7.11 Å². The summed E-state index contributed by atoms with van der Waals surface area (Å²) < 4.78 is 21.1. The summed E-state index contributed by atoms with van der Waals surface area (Å²) in [6, 6.07) is 12.1. The maximum absolute atomic E-state index is 12.2. The Morgan fingerprint density at radius 2 is 1.83 bits per heavy atom. The molecule has 1 aliphatic carbocycles. The Bertz CT molecular complexity index is 1020. The van der Waals surface area contributed by atoms with E-state index in [2.05, 4.69) is 4.99 Å². The van der Waals surface area contributed by atoms with E-state index in [1.54, 1.807) is 55.7 Å².